The second-order valence-electron chi connectivity index (χ2n) is 8.67. The molecule has 4 aromatic rings. The number of aromatic nitrogens is 3. The molecule has 9 nitrogen and oxygen atoms in total. The molecule has 1 atom stereocenters. The summed E-state index contributed by atoms with van der Waals surface area (Å²) in [6.07, 6.45) is 4.43. The van der Waals surface area contributed by atoms with Crippen molar-refractivity contribution in [2.45, 2.75) is 24.1 Å². The van der Waals surface area contributed by atoms with Gasteiger partial charge in [-0.05, 0) is 42.2 Å². The lowest BCUT2D eigenvalue weighted by Crippen LogP contribution is -2.41. The minimum atomic E-state index is -3.95. The van der Waals surface area contributed by atoms with Crippen LogP contribution in [0.3, 0.4) is 0 Å². The van der Waals surface area contributed by atoms with Gasteiger partial charge in [0.05, 0.1) is 23.0 Å². The summed E-state index contributed by atoms with van der Waals surface area (Å²) >= 11 is 0.938. The molecule has 0 aliphatic heterocycles. The first kappa shape index (κ1) is 23.4. The third kappa shape index (κ3) is 4.76. The Labute approximate surface area is 204 Å². The van der Waals surface area contributed by atoms with Crippen molar-refractivity contribution in [1.82, 2.24) is 25.4 Å². The van der Waals surface area contributed by atoms with E-state index < -0.39 is 32.7 Å². The first-order valence-corrected chi connectivity index (χ1v) is 13.7. The monoisotopic (exact) mass is 515 g/mol. The number of halogens is 1. The van der Waals surface area contributed by atoms with E-state index in [0.717, 1.165) is 46.9 Å². The Bertz CT molecular complexity index is 1590. The molecule has 5 rings (SSSR count). The second-order valence-corrected chi connectivity index (χ2v) is 11.9. The lowest BCUT2D eigenvalue weighted by atomic mass is 10.0. The molecule has 0 radical (unpaired) electrons. The number of nitrogens with zero attached hydrogens (tertiary/aromatic N) is 3. The summed E-state index contributed by atoms with van der Waals surface area (Å²) in [5.41, 5.74) is 2.22. The minimum absolute atomic E-state index is 0.0108. The fourth-order valence-corrected chi connectivity index (χ4v) is 6.43. The number of hydrogen-bond acceptors (Lipinski definition) is 7. The molecule has 0 saturated heterocycles. The number of fused-ring (bicyclic) bond motifs is 2. The van der Waals surface area contributed by atoms with Gasteiger partial charge in [0.1, 0.15) is 10.5 Å². The average molecular weight is 516 g/mol. The van der Waals surface area contributed by atoms with Crippen molar-refractivity contribution in [2.75, 3.05) is 12.8 Å². The van der Waals surface area contributed by atoms with Gasteiger partial charge >= 0.3 is 0 Å². The van der Waals surface area contributed by atoms with Gasteiger partial charge < -0.3 is 10.6 Å². The Morgan fingerprint density at radius 2 is 2.00 bits per heavy atom. The molecule has 0 bridgehead atoms. The number of aryl methyl sites for hydroxylation is 1. The maximum Gasteiger partial charge on any atom is 0.245 e. The van der Waals surface area contributed by atoms with Crippen molar-refractivity contribution in [3.63, 3.8) is 0 Å². The Kier molecular flexibility index (Phi) is 5.80. The number of thiazole rings is 1. The fourth-order valence-electron chi connectivity index (χ4n) is 3.86. The van der Waals surface area contributed by atoms with Crippen LogP contribution in [0.1, 0.15) is 23.1 Å². The molecule has 182 valence electrons. The van der Waals surface area contributed by atoms with E-state index >= 15 is 4.39 Å². The van der Waals surface area contributed by atoms with E-state index in [1.54, 1.807) is 16.9 Å². The normalized spacial score (nSPS) is 14.8. The maximum absolute atomic E-state index is 15.0. The van der Waals surface area contributed by atoms with Crippen molar-refractivity contribution in [3.05, 3.63) is 47.4 Å². The molecule has 2 N–H and O–H groups in total. The Balaban J connectivity index is 1.47. The van der Waals surface area contributed by atoms with E-state index in [9.17, 15) is 18.0 Å². The lowest BCUT2D eigenvalue weighted by Gasteiger charge is -2.12. The summed E-state index contributed by atoms with van der Waals surface area (Å²) in [4.78, 5) is 28.8. The smallest absolute Gasteiger partial charge is 0.245 e. The molecule has 2 aromatic carbocycles. The van der Waals surface area contributed by atoms with Crippen molar-refractivity contribution in [3.8, 4) is 11.1 Å². The van der Waals surface area contributed by atoms with E-state index in [2.05, 4.69) is 20.7 Å². The third-order valence-corrected chi connectivity index (χ3v) is 8.31. The van der Waals surface area contributed by atoms with Crippen LogP contribution in [0.25, 0.3) is 32.2 Å². The molecular weight excluding hydrogens is 493 g/mol. The van der Waals surface area contributed by atoms with Crippen LogP contribution in [-0.4, -0.2) is 53.8 Å². The molecule has 2 heterocycles. The molecule has 35 heavy (non-hydrogen) atoms. The van der Waals surface area contributed by atoms with Gasteiger partial charge in [-0.1, -0.05) is 12.1 Å². The molecule has 0 spiro atoms. The molecule has 1 aliphatic carbocycles. The van der Waals surface area contributed by atoms with Crippen LogP contribution >= 0.6 is 11.3 Å². The van der Waals surface area contributed by atoms with Crippen molar-refractivity contribution in [1.29, 1.82) is 0 Å². The second kappa shape index (κ2) is 8.68. The quantitative estimate of drug-likeness (QED) is 0.390. The van der Waals surface area contributed by atoms with E-state index in [1.807, 2.05) is 25.2 Å². The molecular formula is C23H22FN5O4S2. The van der Waals surface area contributed by atoms with Gasteiger partial charge in [0.25, 0.3) is 0 Å². The zero-order valence-electron chi connectivity index (χ0n) is 18.9. The zero-order chi connectivity index (χ0) is 24.9. The number of benzene rings is 2. The molecule has 2 aromatic heterocycles. The predicted molar refractivity (Wildman–Crippen MR) is 131 cm³/mol. The van der Waals surface area contributed by atoms with Crippen LogP contribution in [0.15, 0.2) is 36.5 Å². The van der Waals surface area contributed by atoms with Gasteiger partial charge in [-0.2, -0.15) is 5.10 Å². The maximum atomic E-state index is 15.0. The van der Waals surface area contributed by atoms with Crippen LogP contribution in [0.2, 0.25) is 0 Å². The van der Waals surface area contributed by atoms with E-state index in [-0.39, 0.29) is 23.1 Å². The van der Waals surface area contributed by atoms with E-state index in [0.29, 0.717) is 10.3 Å². The highest BCUT2D eigenvalue weighted by Gasteiger charge is 2.35. The van der Waals surface area contributed by atoms with Gasteiger partial charge in [0, 0.05) is 24.7 Å². The number of hydrogen-bond donors (Lipinski definition) is 2. The lowest BCUT2D eigenvalue weighted by molar-refractivity contribution is -0.126. The van der Waals surface area contributed by atoms with Crippen molar-refractivity contribution in [2.24, 2.45) is 7.05 Å². The summed E-state index contributed by atoms with van der Waals surface area (Å²) in [6, 6.07) is 8.81. The third-order valence-electron chi connectivity index (χ3n) is 5.80. The number of sulfone groups is 1. The fraction of sp³-hybridized carbons (Fsp3) is 0.304. The van der Waals surface area contributed by atoms with Gasteiger partial charge in [0.15, 0.2) is 20.9 Å². The molecule has 1 unspecified atom stereocenters. The molecule has 2 amide bonds. The number of carbonyl (C=O) groups is 2. The predicted octanol–water partition coefficient (Wildman–Crippen LogP) is 2.47. The highest BCUT2D eigenvalue weighted by molar-refractivity contribution is 7.91. The van der Waals surface area contributed by atoms with Gasteiger partial charge in [-0.15, -0.1) is 11.3 Å². The van der Waals surface area contributed by atoms with Crippen LogP contribution < -0.4 is 10.6 Å². The first-order chi connectivity index (χ1) is 16.6. The van der Waals surface area contributed by atoms with Crippen LogP contribution in [0, 0.1) is 5.82 Å². The van der Waals surface area contributed by atoms with Gasteiger partial charge in [0.2, 0.25) is 11.8 Å². The summed E-state index contributed by atoms with van der Waals surface area (Å²) in [5.74, 6) is -1.89. The SMILES string of the molecule is Cn1ncc2ccc(-c3cc(F)c4nc(C(C(=O)NCC(=O)NC5CC5)S(C)(=O)=O)sc4c3)cc21. The topological polar surface area (TPSA) is 123 Å². The highest BCUT2D eigenvalue weighted by Crippen LogP contribution is 2.35. The number of rotatable bonds is 7. The van der Waals surface area contributed by atoms with E-state index in [1.165, 1.54) is 6.07 Å². The number of carbonyl (C=O) groups excluding carboxylic acids is 2. The minimum Gasteiger partial charge on any atom is -0.352 e. The van der Waals surface area contributed by atoms with Gasteiger partial charge in [-0.25, -0.2) is 17.8 Å². The Hall–Kier alpha value is -3.38. The Morgan fingerprint density at radius 3 is 2.71 bits per heavy atom. The summed E-state index contributed by atoms with van der Waals surface area (Å²) < 4.78 is 42.2. The van der Waals surface area contributed by atoms with Crippen molar-refractivity contribution < 1.29 is 22.4 Å². The van der Waals surface area contributed by atoms with Crippen LogP contribution in [0.4, 0.5) is 4.39 Å². The zero-order valence-corrected chi connectivity index (χ0v) is 20.5. The average Bonchev–Trinajstić information content (AvgIpc) is 3.38. The van der Waals surface area contributed by atoms with Crippen LogP contribution in [0.5, 0.6) is 0 Å². The highest BCUT2D eigenvalue weighted by atomic mass is 32.2. The largest absolute Gasteiger partial charge is 0.352 e. The van der Waals surface area contributed by atoms with Crippen molar-refractivity contribution >= 4 is 54.1 Å². The van der Waals surface area contributed by atoms with Crippen LogP contribution in [-0.2, 0) is 26.5 Å². The molecule has 1 fully saturated rings. The van der Waals surface area contributed by atoms with E-state index in [4.69, 9.17) is 0 Å². The standard InChI is InChI=1S/C23H22FN5O4S2/c1-29-17-8-12(3-4-13(17)10-26-29)14-7-16(24)20-18(9-14)34-23(28-20)21(35(2,32)33)22(31)25-11-19(30)27-15-5-6-15/h3-4,7-10,15,21H,5-6,11H2,1-2H3,(H,25,31)(H,27,30). The summed E-state index contributed by atoms with van der Waals surface area (Å²) in [6.45, 7) is -0.346. The first-order valence-electron chi connectivity index (χ1n) is 10.9. The number of amides is 2. The van der Waals surface area contributed by atoms with Gasteiger partial charge in [-0.3, -0.25) is 14.3 Å². The number of nitrogens with one attached hydrogen (secondary N) is 2. The Morgan fingerprint density at radius 1 is 1.23 bits per heavy atom. The summed E-state index contributed by atoms with van der Waals surface area (Å²) in [7, 11) is -2.13. The summed E-state index contributed by atoms with van der Waals surface area (Å²) in [5, 5.41) is 8.55. The molecule has 1 saturated carbocycles. The molecule has 1 aliphatic rings. The molecule has 12 heteroatoms.